The van der Waals surface area contributed by atoms with Crippen LogP contribution in [0.2, 0.25) is 0 Å². The third-order valence-electron chi connectivity index (χ3n) is 7.36. The summed E-state index contributed by atoms with van der Waals surface area (Å²) in [5.74, 6) is 1.74. The number of rotatable bonds is 9. The second kappa shape index (κ2) is 11.3. The summed E-state index contributed by atoms with van der Waals surface area (Å²) < 4.78 is 16.1. The van der Waals surface area contributed by atoms with Gasteiger partial charge in [0.25, 0.3) is 0 Å². The van der Waals surface area contributed by atoms with E-state index in [1.165, 1.54) is 56.2 Å². The second-order valence-electron chi connectivity index (χ2n) is 9.45. The van der Waals surface area contributed by atoms with Crippen molar-refractivity contribution in [1.82, 2.24) is 10.2 Å². The molecule has 2 aliphatic carbocycles. The molecule has 2 aliphatic heterocycles. The number of nitrogens with zero attached hydrogens (tertiary/aromatic N) is 1. The summed E-state index contributed by atoms with van der Waals surface area (Å²) in [6.07, 6.45) is 11.3. The fraction of sp³-hybridized carbons (Fsp3) is 0.654. The highest BCUT2D eigenvalue weighted by Gasteiger charge is 2.28. The Labute approximate surface area is 192 Å². The summed E-state index contributed by atoms with van der Waals surface area (Å²) in [6, 6.07) is 9.29. The van der Waals surface area contributed by atoms with Crippen LogP contribution in [0.3, 0.4) is 0 Å². The number of ether oxygens (including phenoxy) is 2. The van der Waals surface area contributed by atoms with Crippen molar-refractivity contribution in [3.8, 4) is 11.3 Å². The smallest absolute Gasteiger partial charge is 0.225 e. The molecule has 176 valence electrons. The molecular weight excluding hydrogens is 404 g/mol. The average molecular weight is 443 g/mol. The predicted octanol–water partition coefficient (Wildman–Crippen LogP) is 4.99. The van der Waals surface area contributed by atoms with Crippen molar-refractivity contribution in [3.63, 3.8) is 0 Å². The number of fused-ring (bicyclic) bond motifs is 1. The van der Waals surface area contributed by atoms with Crippen LogP contribution >= 0.6 is 0 Å². The number of hydrogen-bond acceptors (Lipinski definition) is 5. The number of likely N-dealkylation sites (tertiary alicyclic amines) is 1. The lowest BCUT2D eigenvalue weighted by atomic mass is 9.83. The largest absolute Gasteiger partial charge is 0.464 e. The Bertz CT molecular complexity index is 810. The first-order chi connectivity index (χ1) is 15.7. The summed E-state index contributed by atoms with van der Waals surface area (Å²) in [5, 5.41) is 3.17. The van der Waals surface area contributed by atoms with E-state index in [2.05, 4.69) is 28.4 Å². The summed E-state index contributed by atoms with van der Waals surface area (Å²) >= 11 is 0. The van der Waals surface area contributed by atoms with Crippen LogP contribution in [0.5, 0.6) is 0 Å². The first kappa shape index (κ1) is 23.3. The first-order valence-electron chi connectivity index (χ1n) is 12.2. The zero-order chi connectivity index (χ0) is 22.3. The lowest BCUT2D eigenvalue weighted by Crippen LogP contribution is -2.40. The standard InChI is InChI=1S/C26H38N2O4/c1-30-26(31-2)17-25(29)27-22-11-9-19(10-12-22)13-15-28-14-4-3-7-23(28)21-16-20-6-5-8-24(20)32-18-21/h5-6,8,16,18-19,22-23,26H,3-4,7,9-15,17H2,1-2H3,(H,27,29). The molecule has 1 unspecified atom stereocenters. The molecule has 4 rings (SSSR count). The van der Waals surface area contributed by atoms with Crippen molar-refractivity contribution < 1.29 is 18.7 Å². The molecule has 0 aromatic rings. The fourth-order valence-corrected chi connectivity index (χ4v) is 5.44. The van der Waals surface area contributed by atoms with E-state index in [0.29, 0.717) is 6.04 Å². The zero-order valence-electron chi connectivity index (χ0n) is 19.6. The van der Waals surface area contributed by atoms with Crippen LogP contribution in [-0.4, -0.2) is 50.4 Å². The molecule has 0 bridgehead atoms. The number of nitrogens with one attached hydrogen (secondary N) is 1. The molecule has 6 nitrogen and oxygen atoms in total. The van der Waals surface area contributed by atoms with Gasteiger partial charge in [0.15, 0.2) is 6.29 Å². The van der Waals surface area contributed by atoms with Gasteiger partial charge >= 0.3 is 0 Å². The molecule has 1 N–H and O–H groups in total. The van der Waals surface area contributed by atoms with E-state index in [-0.39, 0.29) is 18.4 Å². The van der Waals surface area contributed by atoms with Crippen LogP contribution in [0, 0.1) is 5.92 Å². The van der Waals surface area contributed by atoms with Crippen LogP contribution in [0.4, 0.5) is 0 Å². The lowest BCUT2D eigenvalue weighted by molar-refractivity contribution is -0.140. The van der Waals surface area contributed by atoms with E-state index in [1.54, 1.807) is 14.2 Å². The van der Waals surface area contributed by atoms with Crippen molar-refractivity contribution in [1.29, 1.82) is 0 Å². The number of carbonyl (C=O) groups excluding carboxylic acids is 1. The highest BCUT2D eigenvalue weighted by molar-refractivity contribution is 5.76. The van der Waals surface area contributed by atoms with Gasteiger partial charge in [0.2, 0.25) is 5.91 Å². The highest BCUT2D eigenvalue weighted by atomic mass is 16.7. The monoisotopic (exact) mass is 442 g/mol. The number of hydrogen-bond donors (Lipinski definition) is 1. The Hall–Kier alpha value is -1.89. The molecule has 4 aliphatic rings. The van der Waals surface area contributed by atoms with Crippen molar-refractivity contribution >= 4 is 5.91 Å². The van der Waals surface area contributed by atoms with Gasteiger partial charge in [-0.05, 0) is 76.1 Å². The first-order valence-corrected chi connectivity index (χ1v) is 12.2. The molecule has 2 fully saturated rings. The molecule has 6 heteroatoms. The van der Waals surface area contributed by atoms with Gasteiger partial charge in [-0.25, -0.2) is 0 Å². The molecule has 1 atom stereocenters. The molecule has 0 aromatic heterocycles. The van der Waals surface area contributed by atoms with Gasteiger partial charge in [0, 0.05) is 37.4 Å². The normalized spacial score (nSPS) is 24.8. The van der Waals surface area contributed by atoms with Gasteiger partial charge in [-0.2, -0.15) is 0 Å². The van der Waals surface area contributed by atoms with Gasteiger partial charge in [0.1, 0.15) is 5.76 Å². The Kier molecular flexibility index (Phi) is 8.22. The third kappa shape index (κ3) is 5.91. The Morgan fingerprint density at radius 2 is 1.97 bits per heavy atom. The second-order valence-corrected chi connectivity index (χ2v) is 9.45. The van der Waals surface area contributed by atoms with Gasteiger partial charge in [-0.3, -0.25) is 9.69 Å². The lowest BCUT2D eigenvalue weighted by Gasteiger charge is -2.37. The van der Waals surface area contributed by atoms with E-state index in [4.69, 9.17) is 13.9 Å². The predicted molar refractivity (Wildman–Crippen MR) is 124 cm³/mol. The Balaban J connectivity index is 1.24. The topological polar surface area (TPSA) is 63.9 Å². The van der Waals surface area contributed by atoms with E-state index in [9.17, 15) is 4.79 Å². The van der Waals surface area contributed by atoms with Gasteiger partial charge in [-0.15, -0.1) is 0 Å². The number of carbonyl (C=O) groups is 1. The SMILES string of the molecule is COC(CC(=O)NC1CCC(CCN2CCCCC2c2coc3cccc-3c2)CC1)OC. The zero-order valence-corrected chi connectivity index (χ0v) is 19.6. The minimum Gasteiger partial charge on any atom is -0.464 e. The summed E-state index contributed by atoms with van der Waals surface area (Å²) in [5.41, 5.74) is 2.52. The molecule has 2 heterocycles. The van der Waals surface area contributed by atoms with Crippen molar-refractivity contribution in [2.75, 3.05) is 27.3 Å². The number of methoxy groups -OCH3 is 2. The van der Waals surface area contributed by atoms with E-state index < -0.39 is 6.29 Å². The van der Waals surface area contributed by atoms with E-state index in [1.807, 2.05) is 12.3 Å². The number of amides is 1. The molecule has 0 radical (unpaired) electrons. The average Bonchev–Trinajstić information content (AvgIpc) is 3.30. The summed E-state index contributed by atoms with van der Waals surface area (Å²) in [4.78, 5) is 14.9. The van der Waals surface area contributed by atoms with Gasteiger partial charge in [-0.1, -0.05) is 18.6 Å². The van der Waals surface area contributed by atoms with Crippen molar-refractivity contribution in [3.05, 3.63) is 36.1 Å². The summed E-state index contributed by atoms with van der Waals surface area (Å²) in [7, 11) is 3.13. The van der Waals surface area contributed by atoms with E-state index in [0.717, 1.165) is 31.1 Å². The van der Waals surface area contributed by atoms with Crippen LogP contribution in [0.25, 0.3) is 11.3 Å². The maximum absolute atomic E-state index is 12.2. The van der Waals surface area contributed by atoms with Crippen LogP contribution < -0.4 is 5.32 Å². The highest BCUT2D eigenvalue weighted by Crippen LogP contribution is 2.36. The molecule has 32 heavy (non-hydrogen) atoms. The quantitative estimate of drug-likeness (QED) is 0.555. The van der Waals surface area contributed by atoms with Crippen molar-refractivity contribution in [2.45, 2.75) is 76.2 Å². The molecular formula is C26H38N2O4. The fourth-order valence-electron chi connectivity index (χ4n) is 5.44. The molecule has 0 spiro atoms. The maximum Gasteiger partial charge on any atom is 0.225 e. The molecule has 1 saturated carbocycles. The van der Waals surface area contributed by atoms with Crippen LogP contribution in [-0.2, 0) is 14.3 Å². The summed E-state index contributed by atoms with van der Waals surface area (Å²) in [6.45, 7) is 2.32. The van der Waals surface area contributed by atoms with Crippen molar-refractivity contribution in [2.24, 2.45) is 5.92 Å². The number of piperidine rings is 1. The molecule has 0 aromatic carbocycles. The van der Waals surface area contributed by atoms with Crippen LogP contribution in [0.15, 0.2) is 34.9 Å². The maximum atomic E-state index is 12.2. The Morgan fingerprint density at radius 3 is 2.75 bits per heavy atom. The minimum absolute atomic E-state index is 0.0190. The van der Waals surface area contributed by atoms with Crippen LogP contribution in [0.1, 0.15) is 69.4 Å². The molecule has 1 amide bonds. The van der Waals surface area contributed by atoms with E-state index >= 15 is 0 Å². The third-order valence-corrected chi connectivity index (χ3v) is 7.36. The minimum atomic E-state index is -0.462. The molecule has 1 saturated heterocycles. The van der Waals surface area contributed by atoms with Gasteiger partial charge in [0.05, 0.1) is 12.7 Å². The van der Waals surface area contributed by atoms with Gasteiger partial charge < -0.3 is 19.2 Å². The Morgan fingerprint density at radius 1 is 1.16 bits per heavy atom.